The molecule has 0 amide bonds. The fourth-order valence-electron chi connectivity index (χ4n) is 0.850. The third-order valence-corrected chi connectivity index (χ3v) is 15.7. The Labute approximate surface area is 281 Å². The Morgan fingerprint density at radius 2 is 0.244 bits per heavy atom. The van der Waals surface area contributed by atoms with Crippen LogP contribution in [0.25, 0.3) is 0 Å². The van der Waals surface area contributed by atoms with E-state index in [1.807, 2.05) is 0 Å². The Balaban J connectivity index is -0.000000154. The van der Waals surface area contributed by atoms with Crippen molar-refractivity contribution in [1.82, 2.24) is 0 Å². The molecule has 18 nitrogen and oxygen atoms in total. The van der Waals surface area contributed by atoms with Crippen molar-refractivity contribution in [2.24, 2.45) is 0 Å². The van der Waals surface area contributed by atoms with Crippen molar-refractivity contribution in [3.63, 3.8) is 0 Å². The largest absolute Gasteiger partial charge is 2.00 e. The minimum absolute atomic E-state index is 0. The van der Waals surface area contributed by atoms with Crippen molar-refractivity contribution in [2.45, 2.75) is 0 Å². The van der Waals surface area contributed by atoms with Crippen molar-refractivity contribution in [3.8, 4) is 89.4 Å². The van der Waals surface area contributed by atoms with Gasteiger partial charge < -0.3 is 0 Å². The van der Waals surface area contributed by atoms with Crippen LogP contribution in [-0.4, -0.2) is 0 Å². The molecule has 0 fully saturated rings. The van der Waals surface area contributed by atoms with E-state index >= 15 is 0 Å². The minimum Gasteiger partial charge on any atom is 1.00 e. The van der Waals surface area contributed by atoms with E-state index in [9.17, 15) is 0 Å². The topological polar surface area (TPSA) is 428 Å². The van der Waals surface area contributed by atoms with Gasteiger partial charge in [-0.05, 0) is 0 Å². The molecule has 0 spiro atoms. The molecule has 0 aliphatic heterocycles. The maximum Gasteiger partial charge on any atom is 2.00 e. The Bertz CT molecular complexity index is 1410. The second kappa shape index (κ2) is 11.7. The molecular weight excluding hydrogens is 727 g/mol. The summed E-state index contributed by atoms with van der Waals surface area (Å²) in [5, 5.41) is 155. The molecule has 0 aromatic rings. The van der Waals surface area contributed by atoms with Crippen LogP contribution in [0.15, 0.2) is 0 Å². The minimum atomic E-state index is -6.30. The second-order valence-electron chi connectivity index (χ2n) is 5.77. The smallest absolute Gasteiger partial charge is 1.00 e. The second-order valence-corrected chi connectivity index (χ2v) is 23.8. The molecular formula is C18KMn4N18. The average molecular weight is 727 g/mol. The molecule has 191 valence electrons. The van der Waals surface area contributed by atoms with Gasteiger partial charge in [-0.15, -0.1) is 0 Å². The molecule has 0 saturated carbocycles. The molecule has 0 heterocycles. The molecule has 0 aromatic heterocycles. The van der Waals surface area contributed by atoms with Crippen LogP contribution in [0, 0.1) is 184 Å². The maximum absolute atomic E-state index is 8.58. The van der Waals surface area contributed by atoms with Gasteiger partial charge in [0, 0.05) is 0 Å². The van der Waals surface area contributed by atoms with E-state index in [0.29, 0.717) is 0 Å². The molecule has 0 rings (SSSR count). The van der Waals surface area contributed by atoms with Gasteiger partial charge in [-0.3, -0.25) is 0 Å². The summed E-state index contributed by atoms with van der Waals surface area (Å²) in [7, 11) is -18.9. The van der Waals surface area contributed by atoms with E-state index in [0.717, 1.165) is 89.4 Å². The first-order valence-electron chi connectivity index (χ1n) is 7.43. The molecule has 0 unspecified atom stereocenters. The zero-order valence-corrected chi connectivity index (χ0v) is 27.4. The van der Waals surface area contributed by atoms with Gasteiger partial charge in [0.25, 0.3) is 0 Å². The number of nitriles is 18. The number of rotatable bonds is 0. The Morgan fingerprint density at radius 3 is 0.244 bits per heavy atom. The zero-order chi connectivity index (χ0) is 32.0. The molecule has 0 saturated heterocycles. The Morgan fingerprint density at radius 1 is 0.195 bits per heavy atom. The van der Waals surface area contributed by atoms with Gasteiger partial charge in [-0.2, -0.15) is 0 Å². The molecule has 0 N–H and O–H groups in total. The average Bonchev–Trinajstić information content (AvgIpc) is 3.06. The van der Waals surface area contributed by atoms with Crippen LogP contribution in [0.1, 0.15) is 0 Å². The molecule has 0 bridgehead atoms. The van der Waals surface area contributed by atoms with Crippen LogP contribution in [0.3, 0.4) is 0 Å². The maximum atomic E-state index is 8.58. The standard InChI is InChI=1S/18CN.K.4Mn/c18*1-2;;;;;/q;;;;;;;;;;;;;;;;;;+1;3*-1;+2. The van der Waals surface area contributed by atoms with Gasteiger partial charge >= 0.3 is 285 Å². The predicted molar refractivity (Wildman–Crippen MR) is 101 cm³/mol. The summed E-state index contributed by atoms with van der Waals surface area (Å²) in [5.74, 6) is 0. The predicted octanol–water partition coefficient (Wildman–Crippen LogP) is -2.70. The fourth-order valence-corrected chi connectivity index (χ4v) is 3.51. The normalized spacial score (nSPS) is 12.7. The Kier molecular flexibility index (Phi) is 13.0. The number of hydrogen-bond acceptors (Lipinski definition) is 18. The van der Waals surface area contributed by atoms with Gasteiger partial charge in [-0.25, -0.2) is 0 Å². The van der Waals surface area contributed by atoms with Gasteiger partial charge in [0.15, 0.2) is 0 Å². The summed E-state index contributed by atoms with van der Waals surface area (Å²) in [5.41, 5.74) is 0. The molecule has 0 aliphatic carbocycles. The third kappa shape index (κ3) is 5.12. The van der Waals surface area contributed by atoms with Crippen molar-refractivity contribution in [3.05, 3.63) is 0 Å². The van der Waals surface area contributed by atoms with Crippen LogP contribution in [0.2, 0.25) is 0 Å². The van der Waals surface area contributed by atoms with Crippen molar-refractivity contribution in [1.29, 1.82) is 94.7 Å². The zero-order valence-electron chi connectivity index (χ0n) is 19.6. The monoisotopic (exact) mass is 727 g/mol. The first-order chi connectivity index (χ1) is 17.9. The summed E-state index contributed by atoms with van der Waals surface area (Å²) in [6, 6.07) is 0. The first kappa shape index (κ1) is 45.5. The summed E-state index contributed by atoms with van der Waals surface area (Å²) in [4.78, 5) is 18.7. The van der Waals surface area contributed by atoms with E-state index in [1.54, 1.807) is 0 Å². The van der Waals surface area contributed by atoms with E-state index in [2.05, 4.69) is 0 Å². The summed E-state index contributed by atoms with van der Waals surface area (Å²) in [6.07, 6.45) is 0. The number of hydrogen-bond donors (Lipinski definition) is 0. The van der Waals surface area contributed by atoms with E-state index in [1.165, 1.54) is 0 Å². The van der Waals surface area contributed by atoms with E-state index < -0.39 is 32.2 Å². The van der Waals surface area contributed by atoms with Crippen molar-refractivity contribution < 1.29 is 101 Å². The molecule has 41 heavy (non-hydrogen) atoms. The summed E-state index contributed by atoms with van der Waals surface area (Å²) < 4.78 is 0. The van der Waals surface area contributed by atoms with E-state index in [-0.39, 0.29) is 68.5 Å². The molecule has 1 radical (unpaired) electrons. The first-order valence-corrected chi connectivity index (χ1v) is 18.1. The van der Waals surface area contributed by atoms with Crippen LogP contribution < -0.4 is 51.4 Å². The van der Waals surface area contributed by atoms with Crippen molar-refractivity contribution >= 4 is 0 Å². The summed E-state index contributed by atoms with van der Waals surface area (Å²) in [6.45, 7) is 0. The van der Waals surface area contributed by atoms with Crippen LogP contribution >= 0.6 is 0 Å². The van der Waals surface area contributed by atoms with Gasteiger partial charge in [0.2, 0.25) is 0 Å². The molecule has 23 heteroatoms. The van der Waals surface area contributed by atoms with Gasteiger partial charge in [-0.1, -0.05) is 0 Å². The SMILES string of the molecule is N#[C][Mn-]([C]#N)([C]#N)([C]#N)([C]#N)[C]#N.N#[C][Mn-]([C]#N)([C]#N)([C]#N)([C]#N)[C]#N.N#[C][Mn-]([C]#N)([C]#N)([C]#N)([C]#N)[C]#N.[K+].[Mn+2]. The van der Waals surface area contributed by atoms with Crippen LogP contribution in [-0.2, 0) is 49.3 Å². The fraction of sp³-hybridized carbons (Fsp3) is 0. The van der Waals surface area contributed by atoms with Gasteiger partial charge in [0.05, 0.1) is 0 Å². The van der Waals surface area contributed by atoms with Crippen molar-refractivity contribution in [2.75, 3.05) is 0 Å². The Hall–Kier alpha value is -5.47. The molecule has 0 aliphatic rings. The number of nitrogens with zero attached hydrogens (tertiary/aromatic N) is 18. The van der Waals surface area contributed by atoms with E-state index in [4.69, 9.17) is 94.7 Å². The molecule has 0 atom stereocenters. The molecule has 0 aromatic carbocycles. The van der Waals surface area contributed by atoms with Crippen LogP contribution in [0.4, 0.5) is 0 Å². The van der Waals surface area contributed by atoms with Crippen LogP contribution in [0.5, 0.6) is 0 Å². The summed E-state index contributed by atoms with van der Waals surface area (Å²) >= 11 is 0. The van der Waals surface area contributed by atoms with Gasteiger partial charge in [0.1, 0.15) is 0 Å². The third-order valence-electron chi connectivity index (χ3n) is 3.80. The quantitative estimate of drug-likeness (QED) is 0.229.